The van der Waals surface area contributed by atoms with Gasteiger partial charge in [0, 0.05) is 13.7 Å². The highest BCUT2D eigenvalue weighted by Crippen LogP contribution is 2.15. The predicted octanol–water partition coefficient (Wildman–Crippen LogP) is -0.679. The van der Waals surface area contributed by atoms with Crippen molar-refractivity contribution in [2.24, 2.45) is 5.73 Å². The minimum Gasteiger partial charge on any atom is -0.376 e. The minimum absolute atomic E-state index is 0.0161. The lowest BCUT2D eigenvalue weighted by Gasteiger charge is -2.11. The Morgan fingerprint density at radius 1 is 1.67 bits per heavy atom. The highest BCUT2D eigenvalue weighted by molar-refractivity contribution is 5.96. The number of primary amides is 1. The van der Waals surface area contributed by atoms with E-state index in [2.05, 4.69) is 16.5 Å². The van der Waals surface area contributed by atoms with E-state index in [0.717, 1.165) is 12.8 Å². The van der Waals surface area contributed by atoms with Crippen LogP contribution < -0.4 is 11.1 Å². The van der Waals surface area contributed by atoms with Gasteiger partial charge < -0.3 is 15.8 Å². The maximum Gasteiger partial charge on any atom is 0.269 e. The number of hydrogen-bond donors (Lipinski definition) is 2. The van der Waals surface area contributed by atoms with Crippen LogP contribution in [0.3, 0.4) is 0 Å². The summed E-state index contributed by atoms with van der Waals surface area (Å²) in [4.78, 5) is 22.7. The summed E-state index contributed by atoms with van der Waals surface area (Å²) >= 11 is 0. The summed E-state index contributed by atoms with van der Waals surface area (Å²) in [5.74, 6) is -1.06. The fourth-order valence-electron chi connectivity index (χ4n) is 1.89. The Morgan fingerprint density at radius 2 is 2.44 bits per heavy atom. The number of nitrogens with two attached hydrogens (primary N) is 1. The highest BCUT2D eigenvalue weighted by atomic mass is 16.5. The second-order valence-electron chi connectivity index (χ2n) is 4.08. The van der Waals surface area contributed by atoms with E-state index in [1.54, 1.807) is 0 Å². The maximum absolute atomic E-state index is 11.6. The number of amides is 2. The number of hydrogen-bond acceptors (Lipinski definition) is 4. The van der Waals surface area contributed by atoms with E-state index in [9.17, 15) is 9.59 Å². The molecular weight excluding hydrogens is 236 g/mol. The molecule has 1 aromatic rings. The first kappa shape index (κ1) is 12.6. The molecule has 0 aliphatic carbocycles. The van der Waals surface area contributed by atoms with Gasteiger partial charge in [-0.1, -0.05) is 0 Å². The first-order valence-corrected chi connectivity index (χ1v) is 5.75. The molecule has 1 unspecified atom stereocenters. The van der Waals surface area contributed by atoms with Crippen molar-refractivity contribution in [2.75, 3.05) is 13.7 Å². The molecule has 0 bridgehead atoms. The van der Waals surface area contributed by atoms with Crippen LogP contribution >= 0.6 is 0 Å². The molecule has 2 amide bonds. The van der Waals surface area contributed by atoms with Crippen LogP contribution in [0.25, 0.3) is 0 Å². The van der Waals surface area contributed by atoms with Gasteiger partial charge in [0.25, 0.3) is 11.8 Å². The molecule has 2 heterocycles. The molecule has 97 valence electrons. The van der Waals surface area contributed by atoms with Crippen LogP contribution in [0.1, 0.15) is 33.8 Å². The molecule has 1 fully saturated rings. The van der Waals surface area contributed by atoms with Crippen LogP contribution in [-0.2, 0) is 11.3 Å². The highest BCUT2D eigenvalue weighted by Gasteiger charge is 2.22. The van der Waals surface area contributed by atoms with Crippen molar-refractivity contribution < 1.29 is 14.3 Å². The van der Waals surface area contributed by atoms with Crippen molar-refractivity contribution in [3.8, 4) is 0 Å². The Hall–Kier alpha value is -1.89. The number of carbonyl (C=O) groups is 2. The van der Waals surface area contributed by atoms with Gasteiger partial charge in [-0.15, -0.1) is 0 Å². The van der Waals surface area contributed by atoms with Crippen molar-refractivity contribution in [2.45, 2.75) is 25.5 Å². The van der Waals surface area contributed by atoms with Crippen LogP contribution in [-0.4, -0.2) is 41.4 Å². The molecule has 0 saturated carbocycles. The van der Waals surface area contributed by atoms with Gasteiger partial charge in [-0.25, -0.2) is 0 Å². The standard InChI is InChI=1S/C11H15N4O3/c1-13-11(17)9-5-8(10(12)16)14-15(9)6-7-3-2-4-18-7/h7H,2-4,6H2,1H3,(H2,12,16)(H,13,17). The lowest BCUT2D eigenvalue weighted by Crippen LogP contribution is -2.25. The average molecular weight is 251 g/mol. The first-order valence-electron chi connectivity index (χ1n) is 5.75. The van der Waals surface area contributed by atoms with Gasteiger partial charge in [-0.3, -0.25) is 14.3 Å². The van der Waals surface area contributed by atoms with Crippen molar-refractivity contribution in [1.29, 1.82) is 0 Å². The SMILES string of the molecule is CNC(=O)c1[c]c(C(N)=O)nn1CC1CCCO1. The van der Waals surface area contributed by atoms with Crippen LogP contribution in [0.4, 0.5) is 0 Å². The monoisotopic (exact) mass is 251 g/mol. The number of nitrogens with zero attached hydrogens (tertiary/aromatic N) is 2. The average Bonchev–Trinajstić information content (AvgIpc) is 2.98. The second-order valence-corrected chi connectivity index (χ2v) is 4.08. The molecule has 1 aliphatic heterocycles. The molecule has 1 atom stereocenters. The molecule has 1 saturated heterocycles. The normalized spacial score (nSPS) is 18.8. The number of ether oxygens (including phenoxy) is 1. The lowest BCUT2D eigenvalue weighted by atomic mass is 10.2. The summed E-state index contributed by atoms with van der Waals surface area (Å²) in [6.45, 7) is 1.14. The van der Waals surface area contributed by atoms with Gasteiger partial charge >= 0.3 is 0 Å². The minimum atomic E-state index is -0.703. The van der Waals surface area contributed by atoms with Gasteiger partial charge in [-0.05, 0) is 12.8 Å². The summed E-state index contributed by atoms with van der Waals surface area (Å²) < 4.78 is 6.90. The molecule has 18 heavy (non-hydrogen) atoms. The predicted molar refractivity (Wildman–Crippen MR) is 61.9 cm³/mol. The Morgan fingerprint density at radius 3 is 3.00 bits per heavy atom. The fourth-order valence-corrected chi connectivity index (χ4v) is 1.89. The topological polar surface area (TPSA) is 99.2 Å². The van der Waals surface area contributed by atoms with Crippen molar-refractivity contribution in [3.63, 3.8) is 0 Å². The van der Waals surface area contributed by atoms with E-state index in [-0.39, 0.29) is 23.4 Å². The van der Waals surface area contributed by atoms with Crippen molar-refractivity contribution >= 4 is 11.8 Å². The largest absolute Gasteiger partial charge is 0.376 e. The van der Waals surface area contributed by atoms with E-state index in [4.69, 9.17) is 10.5 Å². The molecule has 1 aromatic heterocycles. The van der Waals surface area contributed by atoms with E-state index in [0.29, 0.717) is 13.2 Å². The zero-order valence-electron chi connectivity index (χ0n) is 10.1. The summed E-state index contributed by atoms with van der Waals surface area (Å²) in [7, 11) is 1.50. The fraction of sp³-hybridized carbons (Fsp3) is 0.545. The van der Waals surface area contributed by atoms with Crippen molar-refractivity contribution in [3.05, 3.63) is 17.5 Å². The molecule has 1 aliphatic rings. The Kier molecular flexibility index (Phi) is 3.61. The number of rotatable bonds is 4. The van der Waals surface area contributed by atoms with Crippen molar-refractivity contribution in [1.82, 2.24) is 15.1 Å². The van der Waals surface area contributed by atoms with Crippen LogP contribution in [0.5, 0.6) is 0 Å². The molecule has 0 aromatic carbocycles. The Balaban J connectivity index is 2.24. The van der Waals surface area contributed by atoms with Crippen LogP contribution in [0, 0.1) is 6.07 Å². The molecule has 7 heteroatoms. The maximum atomic E-state index is 11.6. The van der Waals surface area contributed by atoms with Gasteiger partial charge in [0.15, 0.2) is 5.69 Å². The summed E-state index contributed by atoms with van der Waals surface area (Å²) in [6.07, 6.45) is 1.93. The third-order valence-electron chi connectivity index (χ3n) is 2.79. The third-order valence-corrected chi connectivity index (χ3v) is 2.79. The molecular formula is C11H15N4O3. The van der Waals surface area contributed by atoms with Crippen LogP contribution in [0.15, 0.2) is 0 Å². The number of aromatic nitrogens is 2. The van der Waals surface area contributed by atoms with E-state index < -0.39 is 5.91 Å². The van der Waals surface area contributed by atoms with E-state index in [1.165, 1.54) is 11.7 Å². The van der Waals surface area contributed by atoms with Gasteiger partial charge in [-0.2, -0.15) is 5.10 Å². The zero-order chi connectivity index (χ0) is 13.1. The molecule has 1 radical (unpaired) electrons. The zero-order valence-corrected chi connectivity index (χ0v) is 10.1. The lowest BCUT2D eigenvalue weighted by molar-refractivity contribution is 0.0874. The van der Waals surface area contributed by atoms with Gasteiger partial charge in [0.1, 0.15) is 5.69 Å². The second kappa shape index (κ2) is 5.18. The van der Waals surface area contributed by atoms with Gasteiger partial charge in [0.2, 0.25) is 0 Å². The molecule has 3 N–H and O–H groups in total. The van der Waals surface area contributed by atoms with Gasteiger partial charge in [0.05, 0.1) is 18.7 Å². The summed E-state index contributed by atoms with van der Waals surface area (Å²) in [6, 6.07) is 2.62. The van der Waals surface area contributed by atoms with E-state index >= 15 is 0 Å². The molecule has 0 spiro atoms. The summed E-state index contributed by atoms with van der Waals surface area (Å²) in [5.41, 5.74) is 5.30. The Labute approximate surface area is 104 Å². The van der Waals surface area contributed by atoms with E-state index in [1.807, 2.05) is 0 Å². The third kappa shape index (κ3) is 2.51. The number of carbonyl (C=O) groups excluding carboxylic acids is 2. The molecule has 7 nitrogen and oxygen atoms in total. The first-order chi connectivity index (χ1) is 8.61. The molecule has 2 rings (SSSR count). The summed E-state index contributed by atoms with van der Waals surface area (Å²) in [5, 5.41) is 6.46. The van der Waals surface area contributed by atoms with Crippen LogP contribution in [0.2, 0.25) is 0 Å². The number of nitrogens with one attached hydrogen (secondary N) is 1. The smallest absolute Gasteiger partial charge is 0.269 e. The quantitative estimate of drug-likeness (QED) is 0.740. The Bertz CT molecular complexity index is 463.